The van der Waals surface area contributed by atoms with Gasteiger partial charge in [-0.1, -0.05) is 24.3 Å². The van der Waals surface area contributed by atoms with E-state index in [0.29, 0.717) is 43.0 Å². The molecule has 2 aromatic heterocycles. The summed E-state index contributed by atoms with van der Waals surface area (Å²) < 4.78 is 4.54. The first-order valence-corrected chi connectivity index (χ1v) is 12.8. The number of imide groups is 2. The van der Waals surface area contributed by atoms with Crippen molar-refractivity contribution in [2.24, 2.45) is 0 Å². The Morgan fingerprint density at radius 3 is 2.65 bits per heavy atom. The molecule has 11 heteroatoms. The summed E-state index contributed by atoms with van der Waals surface area (Å²) in [6, 6.07) is 10.8. The first-order chi connectivity index (χ1) is 18.0. The zero-order valence-corrected chi connectivity index (χ0v) is 20.5. The van der Waals surface area contributed by atoms with E-state index in [-0.39, 0.29) is 12.8 Å². The minimum atomic E-state index is -0.967. The molecule has 3 aliphatic heterocycles. The van der Waals surface area contributed by atoms with Crippen LogP contribution in [-0.2, 0) is 25.7 Å². The molecule has 4 amide bonds. The second-order valence-electron chi connectivity index (χ2n) is 9.13. The average molecular weight is 515 g/mol. The van der Waals surface area contributed by atoms with Crippen molar-refractivity contribution >= 4 is 35.2 Å². The number of benzene rings is 1. The first-order valence-electron chi connectivity index (χ1n) is 12.0. The van der Waals surface area contributed by atoms with Crippen molar-refractivity contribution in [2.45, 2.75) is 38.3 Å². The molecule has 1 N–H and O–H groups in total. The molecule has 1 aromatic carbocycles. The Kier molecular flexibility index (Phi) is 5.84. The zero-order valence-electron chi connectivity index (χ0n) is 19.7. The van der Waals surface area contributed by atoms with Crippen LogP contribution < -0.4 is 5.32 Å². The van der Waals surface area contributed by atoms with Gasteiger partial charge in [0.1, 0.15) is 16.7 Å². The number of nitrogens with zero attached hydrogens (tertiary/aromatic N) is 5. The Morgan fingerprint density at radius 2 is 1.84 bits per heavy atom. The topological polar surface area (TPSA) is 125 Å². The summed E-state index contributed by atoms with van der Waals surface area (Å²) in [5.74, 6) is -1.33. The van der Waals surface area contributed by atoms with E-state index in [2.05, 4.69) is 14.7 Å². The van der Waals surface area contributed by atoms with Crippen molar-refractivity contribution in [1.82, 2.24) is 29.5 Å². The molecule has 0 saturated carbocycles. The lowest BCUT2D eigenvalue weighted by molar-refractivity contribution is -0.150. The van der Waals surface area contributed by atoms with Crippen LogP contribution >= 0.6 is 11.5 Å². The predicted octanol–water partition coefficient (Wildman–Crippen LogP) is 2.29. The number of carbonyl (C=O) groups excluding carboxylic acids is 4. The van der Waals surface area contributed by atoms with Gasteiger partial charge in [-0.25, -0.2) is 4.98 Å². The van der Waals surface area contributed by atoms with Gasteiger partial charge < -0.3 is 4.90 Å². The summed E-state index contributed by atoms with van der Waals surface area (Å²) in [5, 5.41) is 2.95. The molecule has 1 unspecified atom stereocenters. The highest BCUT2D eigenvalue weighted by atomic mass is 32.1. The van der Waals surface area contributed by atoms with Crippen molar-refractivity contribution in [3.63, 3.8) is 0 Å². The van der Waals surface area contributed by atoms with E-state index >= 15 is 0 Å². The molecule has 186 valence electrons. The number of carbonyl (C=O) groups is 4. The van der Waals surface area contributed by atoms with Gasteiger partial charge in [0.05, 0.1) is 6.54 Å². The van der Waals surface area contributed by atoms with Crippen LogP contribution in [0.25, 0.3) is 22.5 Å². The first kappa shape index (κ1) is 23.2. The van der Waals surface area contributed by atoms with Gasteiger partial charge in [-0.05, 0) is 48.5 Å². The molecule has 1 fully saturated rings. The number of aromatic nitrogens is 3. The summed E-state index contributed by atoms with van der Waals surface area (Å²) in [5.41, 5.74) is 3.64. The SMILES string of the molecule is O=C1CCC(N2C(=O)C3=C(C2=O)N(Cc2nc(-c4cccc(-c5cccnc5)c4)ns2)CCC3)C(=O)N1. The van der Waals surface area contributed by atoms with Gasteiger partial charge in [0.25, 0.3) is 11.8 Å². The van der Waals surface area contributed by atoms with Crippen LogP contribution in [0.2, 0.25) is 0 Å². The van der Waals surface area contributed by atoms with E-state index in [0.717, 1.165) is 26.6 Å². The third-order valence-electron chi connectivity index (χ3n) is 6.79. The Hall–Kier alpha value is -4.25. The molecular formula is C26H22N6O4S. The maximum Gasteiger partial charge on any atom is 0.278 e. The molecule has 0 radical (unpaired) electrons. The van der Waals surface area contributed by atoms with Crippen molar-refractivity contribution in [2.75, 3.05) is 6.54 Å². The molecule has 5 heterocycles. The zero-order chi connectivity index (χ0) is 25.5. The third kappa shape index (κ3) is 4.20. The van der Waals surface area contributed by atoms with Crippen molar-refractivity contribution < 1.29 is 19.2 Å². The van der Waals surface area contributed by atoms with Crippen LogP contribution in [0.1, 0.15) is 30.7 Å². The van der Waals surface area contributed by atoms with Gasteiger partial charge in [0.15, 0.2) is 5.82 Å². The monoisotopic (exact) mass is 514 g/mol. The molecule has 1 atom stereocenters. The lowest BCUT2D eigenvalue weighted by Gasteiger charge is -2.30. The maximum atomic E-state index is 13.4. The molecule has 3 aliphatic rings. The predicted molar refractivity (Wildman–Crippen MR) is 133 cm³/mol. The lowest BCUT2D eigenvalue weighted by atomic mass is 10.0. The van der Waals surface area contributed by atoms with E-state index in [1.54, 1.807) is 12.4 Å². The van der Waals surface area contributed by atoms with Crippen LogP contribution in [0.3, 0.4) is 0 Å². The van der Waals surface area contributed by atoms with Gasteiger partial charge in [0, 0.05) is 42.1 Å². The summed E-state index contributed by atoms with van der Waals surface area (Å²) in [4.78, 5) is 62.2. The average Bonchev–Trinajstić information content (AvgIpc) is 3.48. The van der Waals surface area contributed by atoms with Crippen molar-refractivity contribution in [3.05, 3.63) is 65.1 Å². The van der Waals surface area contributed by atoms with Crippen LogP contribution in [0.4, 0.5) is 0 Å². The Balaban J connectivity index is 1.22. The van der Waals surface area contributed by atoms with Gasteiger partial charge in [-0.2, -0.15) is 4.37 Å². The van der Waals surface area contributed by atoms with Crippen LogP contribution in [0, 0.1) is 0 Å². The summed E-state index contributed by atoms with van der Waals surface area (Å²) in [6.07, 6.45) is 4.95. The second kappa shape index (κ2) is 9.32. The van der Waals surface area contributed by atoms with Crippen LogP contribution in [0.15, 0.2) is 60.1 Å². The molecule has 10 nitrogen and oxygen atoms in total. The Bertz CT molecular complexity index is 1470. The van der Waals surface area contributed by atoms with Gasteiger partial charge >= 0.3 is 0 Å². The lowest BCUT2D eigenvalue weighted by Crippen LogP contribution is -2.55. The molecule has 1 saturated heterocycles. The number of hydrogen-bond acceptors (Lipinski definition) is 9. The minimum Gasteiger partial charge on any atom is -0.360 e. The largest absolute Gasteiger partial charge is 0.360 e. The van der Waals surface area contributed by atoms with Gasteiger partial charge in [-0.15, -0.1) is 0 Å². The summed E-state index contributed by atoms with van der Waals surface area (Å²) in [6.45, 7) is 0.924. The van der Waals surface area contributed by atoms with Crippen molar-refractivity contribution in [3.8, 4) is 22.5 Å². The number of amides is 4. The molecular weight excluding hydrogens is 492 g/mol. The fourth-order valence-electron chi connectivity index (χ4n) is 5.03. The number of rotatable bonds is 5. The quantitative estimate of drug-likeness (QED) is 0.514. The van der Waals surface area contributed by atoms with E-state index in [9.17, 15) is 19.2 Å². The fourth-order valence-corrected chi connectivity index (χ4v) is 5.71. The number of nitrogens with one attached hydrogen (secondary N) is 1. The van der Waals surface area contributed by atoms with Gasteiger partial charge in [-0.3, -0.25) is 34.4 Å². The highest BCUT2D eigenvalue weighted by Crippen LogP contribution is 2.35. The summed E-state index contributed by atoms with van der Waals surface area (Å²) in [7, 11) is 0. The van der Waals surface area contributed by atoms with E-state index in [4.69, 9.17) is 4.98 Å². The Labute approximate surface area is 216 Å². The van der Waals surface area contributed by atoms with E-state index in [1.807, 2.05) is 41.3 Å². The fraction of sp³-hybridized carbons (Fsp3) is 0.269. The normalized spacial score (nSPS) is 19.9. The number of piperidine rings is 1. The number of pyridine rings is 1. The van der Waals surface area contributed by atoms with Crippen LogP contribution in [-0.4, -0.2) is 60.4 Å². The minimum absolute atomic E-state index is 0.0946. The standard InChI is InChI=1S/C26H22N6O4S/c33-20-9-8-19(24(34)28-20)32-25(35)18-7-3-11-31(22(18)26(32)36)14-21-29-23(30-37-21)16-5-1-4-15(12-16)17-6-2-10-27-13-17/h1-2,4-6,10,12-13,19H,3,7-9,11,14H2,(H,28,33,34). The third-order valence-corrected chi connectivity index (χ3v) is 7.48. The van der Waals surface area contributed by atoms with Crippen molar-refractivity contribution in [1.29, 1.82) is 0 Å². The molecule has 0 aliphatic carbocycles. The molecule has 3 aromatic rings. The second-order valence-corrected chi connectivity index (χ2v) is 9.97. The number of hydrogen-bond donors (Lipinski definition) is 1. The molecule has 0 bridgehead atoms. The summed E-state index contributed by atoms with van der Waals surface area (Å²) >= 11 is 1.26. The van der Waals surface area contributed by atoms with Gasteiger partial charge in [0.2, 0.25) is 11.8 Å². The highest BCUT2D eigenvalue weighted by molar-refractivity contribution is 7.05. The van der Waals surface area contributed by atoms with E-state index < -0.39 is 29.7 Å². The highest BCUT2D eigenvalue weighted by Gasteiger charge is 2.48. The molecule has 6 rings (SSSR count). The smallest absolute Gasteiger partial charge is 0.278 e. The van der Waals surface area contributed by atoms with E-state index in [1.165, 1.54) is 11.5 Å². The Morgan fingerprint density at radius 1 is 1.00 bits per heavy atom. The molecule has 37 heavy (non-hydrogen) atoms. The molecule has 0 spiro atoms. The maximum absolute atomic E-state index is 13.4. The van der Waals surface area contributed by atoms with Crippen LogP contribution in [0.5, 0.6) is 0 Å².